The molecule has 8 nitrogen and oxygen atoms in total. The molecule has 0 saturated carbocycles. The van der Waals surface area contributed by atoms with Gasteiger partial charge in [0.25, 0.3) is 10.0 Å². The van der Waals surface area contributed by atoms with Crippen LogP contribution in [0.25, 0.3) is 0 Å². The highest BCUT2D eigenvalue weighted by Gasteiger charge is 2.19. The minimum absolute atomic E-state index is 0.197. The van der Waals surface area contributed by atoms with Crippen LogP contribution in [0.2, 0.25) is 0 Å². The van der Waals surface area contributed by atoms with Gasteiger partial charge in [-0.3, -0.25) is 4.79 Å². The summed E-state index contributed by atoms with van der Waals surface area (Å²) in [6, 6.07) is 2.29. The topological polar surface area (TPSA) is 134 Å². The number of aromatic nitrogens is 2. The summed E-state index contributed by atoms with van der Waals surface area (Å²) in [6.45, 7) is 0. The molecule has 0 aliphatic carbocycles. The van der Waals surface area contributed by atoms with Gasteiger partial charge in [0.1, 0.15) is 0 Å². The zero-order valence-electron chi connectivity index (χ0n) is 8.40. The molecule has 0 fully saturated rings. The lowest BCUT2D eigenvalue weighted by Gasteiger charge is -1.95. The van der Waals surface area contributed by atoms with Crippen LogP contribution in [-0.2, 0) is 10.0 Å². The van der Waals surface area contributed by atoms with Crippen LogP contribution in [0.1, 0.15) is 10.6 Å². The molecule has 2 heterocycles. The quantitative estimate of drug-likeness (QED) is 0.736. The van der Waals surface area contributed by atoms with E-state index in [4.69, 9.17) is 15.3 Å². The van der Waals surface area contributed by atoms with Gasteiger partial charge in [-0.15, -0.1) is 0 Å². The summed E-state index contributed by atoms with van der Waals surface area (Å²) in [5, 5.41) is 8.02. The Morgan fingerprint density at radius 2 is 2.12 bits per heavy atom. The van der Waals surface area contributed by atoms with Gasteiger partial charge in [0, 0.05) is 0 Å². The molecule has 0 saturated heterocycles. The van der Waals surface area contributed by atoms with Gasteiger partial charge in [0.15, 0.2) is 5.76 Å². The van der Waals surface area contributed by atoms with Crippen molar-refractivity contribution >= 4 is 21.6 Å². The molecule has 0 amide bonds. The lowest BCUT2D eigenvalue weighted by Crippen LogP contribution is -2.13. The molecular formula is C8H8N4O4S. The van der Waals surface area contributed by atoms with E-state index in [2.05, 4.69) is 5.10 Å². The average molecular weight is 256 g/mol. The summed E-state index contributed by atoms with van der Waals surface area (Å²) >= 11 is 0. The number of nitrogen functional groups attached to an aromatic ring is 1. The first-order valence-corrected chi connectivity index (χ1v) is 5.90. The summed E-state index contributed by atoms with van der Waals surface area (Å²) in [6.07, 6.45) is 2.56. The van der Waals surface area contributed by atoms with Crippen molar-refractivity contribution in [3.63, 3.8) is 0 Å². The highest BCUT2D eigenvalue weighted by Crippen LogP contribution is 2.13. The molecule has 0 aliphatic heterocycles. The van der Waals surface area contributed by atoms with Crippen molar-refractivity contribution in [2.75, 3.05) is 5.73 Å². The van der Waals surface area contributed by atoms with Crippen molar-refractivity contribution in [1.29, 1.82) is 0 Å². The predicted octanol–water partition coefficient (Wildman–Crippen LogP) is -0.606. The van der Waals surface area contributed by atoms with Gasteiger partial charge in [-0.25, -0.2) is 13.6 Å². The molecule has 0 unspecified atom stereocenters. The van der Waals surface area contributed by atoms with E-state index >= 15 is 0 Å². The van der Waals surface area contributed by atoms with Crippen LogP contribution in [0.15, 0.2) is 34.0 Å². The number of hydrogen-bond acceptors (Lipinski definition) is 6. The molecule has 9 heteroatoms. The fourth-order valence-corrected chi connectivity index (χ4v) is 1.61. The third kappa shape index (κ3) is 2.19. The SMILES string of the molecule is Nc1cnn(C(=O)c2ccc(S(N)(=O)=O)o2)c1. The number of rotatable bonds is 2. The number of carbonyl (C=O) groups is 1. The second kappa shape index (κ2) is 3.71. The summed E-state index contributed by atoms with van der Waals surface area (Å²) in [4.78, 5) is 11.7. The maximum Gasteiger partial charge on any atom is 0.313 e. The Hall–Kier alpha value is -2.13. The van der Waals surface area contributed by atoms with Crippen LogP contribution in [0.5, 0.6) is 0 Å². The minimum Gasteiger partial charge on any atom is -0.438 e. The van der Waals surface area contributed by atoms with Gasteiger partial charge in [-0.2, -0.15) is 9.78 Å². The molecule has 4 N–H and O–H groups in total. The summed E-state index contributed by atoms with van der Waals surface area (Å²) in [7, 11) is -3.97. The van der Waals surface area contributed by atoms with Crippen molar-refractivity contribution < 1.29 is 17.6 Å². The summed E-state index contributed by atoms with van der Waals surface area (Å²) in [5.74, 6) is -0.839. The number of sulfonamides is 1. The molecule has 90 valence electrons. The Morgan fingerprint density at radius 1 is 1.41 bits per heavy atom. The van der Waals surface area contributed by atoms with E-state index in [0.717, 1.165) is 10.7 Å². The molecule has 0 radical (unpaired) electrons. The fourth-order valence-electron chi connectivity index (χ4n) is 1.15. The second-order valence-electron chi connectivity index (χ2n) is 3.19. The third-order valence-electron chi connectivity index (χ3n) is 1.88. The monoisotopic (exact) mass is 256 g/mol. The molecule has 0 aromatic carbocycles. The Bertz CT molecular complexity index is 669. The predicted molar refractivity (Wildman–Crippen MR) is 56.4 cm³/mol. The van der Waals surface area contributed by atoms with E-state index in [0.29, 0.717) is 5.69 Å². The Balaban J connectivity index is 2.36. The molecule has 2 aromatic heterocycles. The largest absolute Gasteiger partial charge is 0.438 e. The van der Waals surface area contributed by atoms with Gasteiger partial charge >= 0.3 is 5.91 Å². The van der Waals surface area contributed by atoms with Crippen LogP contribution < -0.4 is 10.9 Å². The lowest BCUT2D eigenvalue weighted by atomic mass is 10.4. The first-order valence-electron chi connectivity index (χ1n) is 4.35. The smallest absolute Gasteiger partial charge is 0.313 e. The number of nitrogens with two attached hydrogens (primary N) is 2. The number of hydrogen-bond donors (Lipinski definition) is 2. The van der Waals surface area contributed by atoms with Crippen molar-refractivity contribution in [1.82, 2.24) is 9.78 Å². The molecule has 2 aromatic rings. The van der Waals surface area contributed by atoms with Crippen molar-refractivity contribution in [2.24, 2.45) is 5.14 Å². The third-order valence-corrected chi connectivity index (χ3v) is 2.66. The standard InChI is InChI=1S/C8H8N4O4S/c9-5-3-11-12(4-5)8(13)6-1-2-7(16-6)17(10,14)15/h1-4H,9H2,(H2,10,14,15). The van der Waals surface area contributed by atoms with E-state index in [1.165, 1.54) is 18.5 Å². The molecule has 17 heavy (non-hydrogen) atoms. The zero-order valence-corrected chi connectivity index (χ0v) is 9.22. The number of nitrogens with zero attached hydrogens (tertiary/aromatic N) is 2. The van der Waals surface area contributed by atoms with Crippen molar-refractivity contribution in [3.05, 3.63) is 30.3 Å². The Morgan fingerprint density at radius 3 is 2.59 bits per heavy atom. The van der Waals surface area contributed by atoms with Crippen molar-refractivity contribution in [2.45, 2.75) is 5.09 Å². The lowest BCUT2D eigenvalue weighted by molar-refractivity contribution is 0.0912. The average Bonchev–Trinajstić information content (AvgIpc) is 2.83. The normalized spacial score (nSPS) is 11.6. The van der Waals surface area contributed by atoms with E-state index in [1.807, 2.05) is 0 Å². The van der Waals surface area contributed by atoms with Gasteiger partial charge in [0.2, 0.25) is 5.09 Å². The van der Waals surface area contributed by atoms with Crippen LogP contribution in [0.3, 0.4) is 0 Å². The fraction of sp³-hybridized carbons (Fsp3) is 0. The highest BCUT2D eigenvalue weighted by molar-refractivity contribution is 7.89. The van der Waals surface area contributed by atoms with E-state index in [9.17, 15) is 13.2 Å². The Kier molecular flexibility index (Phi) is 2.48. The first kappa shape index (κ1) is 11.4. The molecular weight excluding hydrogens is 248 g/mol. The summed E-state index contributed by atoms with van der Waals surface area (Å²) in [5.41, 5.74) is 5.69. The van der Waals surface area contributed by atoms with Gasteiger partial charge in [-0.05, 0) is 12.1 Å². The van der Waals surface area contributed by atoms with Crippen molar-refractivity contribution in [3.8, 4) is 0 Å². The maximum atomic E-state index is 11.7. The molecule has 0 bridgehead atoms. The second-order valence-corrected chi connectivity index (χ2v) is 4.68. The molecule has 0 spiro atoms. The van der Waals surface area contributed by atoms with Crippen LogP contribution in [0, 0.1) is 0 Å². The maximum absolute atomic E-state index is 11.7. The number of anilines is 1. The molecule has 0 aliphatic rings. The number of carbonyl (C=O) groups excluding carboxylic acids is 1. The minimum atomic E-state index is -3.97. The number of furan rings is 1. The van der Waals surface area contributed by atoms with Gasteiger partial charge < -0.3 is 10.2 Å². The van der Waals surface area contributed by atoms with Crippen LogP contribution in [0.4, 0.5) is 5.69 Å². The van der Waals surface area contributed by atoms with E-state index in [-0.39, 0.29) is 5.76 Å². The van der Waals surface area contributed by atoms with E-state index in [1.54, 1.807) is 0 Å². The van der Waals surface area contributed by atoms with E-state index < -0.39 is 21.0 Å². The molecule has 0 atom stereocenters. The Labute approximate surface area is 95.9 Å². The first-order chi connectivity index (χ1) is 7.88. The van der Waals surface area contributed by atoms with Gasteiger partial charge in [-0.1, -0.05) is 0 Å². The molecule has 2 rings (SSSR count). The zero-order chi connectivity index (χ0) is 12.6. The van der Waals surface area contributed by atoms with Gasteiger partial charge in [0.05, 0.1) is 18.1 Å². The highest BCUT2D eigenvalue weighted by atomic mass is 32.2. The van der Waals surface area contributed by atoms with Crippen LogP contribution in [-0.4, -0.2) is 24.1 Å². The summed E-state index contributed by atoms with van der Waals surface area (Å²) < 4.78 is 27.6. The van der Waals surface area contributed by atoms with Crippen LogP contribution >= 0.6 is 0 Å². The number of primary sulfonamides is 1.